The number of benzene rings is 3. The van der Waals surface area contributed by atoms with Gasteiger partial charge >= 0.3 is 12.0 Å². The number of hydrogen-bond acceptors (Lipinski definition) is 6. The van der Waals surface area contributed by atoms with Gasteiger partial charge in [-0.2, -0.15) is 0 Å². The predicted molar refractivity (Wildman–Crippen MR) is 173 cm³/mol. The molecule has 0 saturated carbocycles. The van der Waals surface area contributed by atoms with E-state index in [1.165, 1.54) is 17.0 Å². The Bertz CT molecular complexity index is 1670. The lowest BCUT2D eigenvalue weighted by molar-refractivity contribution is -0.136. The average Bonchev–Trinajstić information content (AvgIpc) is 3.36. The molecule has 2 unspecified atom stereocenters. The van der Waals surface area contributed by atoms with Crippen LogP contribution in [0.2, 0.25) is 5.02 Å². The van der Waals surface area contributed by atoms with Crippen molar-refractivity contribution < 1.29 is 29.0 Å². The Morgan fingerprint density at radius 1 is 1.04 bits per heavy atom. The van der Waals surface area contributed by atoms with Crippen LogP contribution in [-0.2, 0) is 9.59 Å². The maximum Gasteiger partial charge on any atom is 0.326 e. The Morgan fingerprint density at radius 2 is 1.71 bits per heavy atom. The van der Waals surface area contributed by atoms with Gasteiger partial charge in [0.2, 0.25) is 5.91 Å². The number of aliphatic carboxylic acids is 1. The fourth-order valence-electron chi connectivity index (χ4n) is 5.34. The molecule has 2 aliphatic heterocycles. The number of carbonyl (C=O) groups is 4. The van der Waals surface area contributed by atoms with Gasteiger partial charge in [-0.1, -0.05) is 57.9 Å². The first-order valence-electron chi connectivity index (χ1n) is 14.3. The van der Waals surface area contributed by atoms with Crippen LogP contribution in [0.15, 0.2) is 76.2 Å². The van der Waals surface area contributed by atoms with Crippen LogP contribution in [0.3, 0.4) is 0 Å². The number of ether oxygens (including phenoxy) is 1. The number of aliphatic imine (C=N–C) groups is 1. The lowest BCUT2D eigenvalue weighted by Crippen LogP contribution is -2.55. The van der Waals surface area contributed by atoms with E-state index in [2.05, 4.69) is 21.2 Å². The number of nitrogens with zero attached hydrogens (tertiary/aromatic N) is 3. The number of amides is 3. The van der Waals surface area contributed by atoms with Crippen molar-refractivity contribution in [2.75, 3.05) is 19.6 Å². The summed E-state index contributed by atoms with van der Waals surface area (Å²) in [5, 5.41) is 12.5. The maximum absolute atomic E-state index is 14.5. The van der Waals surface area contributed by atoms with E-state index in [0.29, 0.717) is 23.7 Å². The topological polar surface area (TPSA) is 129 Å². The first-order valence-corrected chi connectivity index (χ1v) is 15.5. The minimum atomic E-state index is -1.24. The van der Waals surface area contributed by atoms with Crippen molar-refractivity contribution >= 4 is 57.1 Å². The molecule has 3 aromatic carbocycles. The van der Waals surface area contributed by atoms with Crippen LogP contribution in [-0.4, -0.2) is 69.7 Å². The van der Waals surface area contributed by atoms with E-state index in [9.17, 15) is 24.3 Å². The van der Waals surface area contributed by atoms with Gasteiger partial charge in [-0.25, -0.2) is 4.79 Å². The fraction of sp³-hybridized carbons (Fsp3) is 0.303. The highest BCUT2D eigenvalue weighted by molar-refractivity contribution is 9.10. The van der Waals surface area contributed by atoms with E-state index in [-0.39, 0.29) is 29.6 Å². The van der Waals surface area contributed by atoms with Crippen LogP contribution in [0.1, 0.15) is 66.3 Å². The van der Waals surface area contributed by atoms with Gasteiger partial charge in [0.15, 0.2) is 5.78 Å². The number of rotatable bonds is 7. The molecule has 10 nitrogen and oxygen atoms in total. The van der Waals surface area contributed by atoms with Gasteiger partial charge in [0.1, 0.15) is 36.2 Å². The zero-order chi connectivity index (χ0) is 32.5. The second kappa shape index (κ2) is 13.0. The molecule has 0 bridgehead atoms. The summed E-state index contributed by atoms with van der Waals surface area (Å²) < 4.78 is 7.21. The maximum atomic E-state index is 14.5. The third-order valence-corrected chi connectivity index (χ3v) is 8.06. The summed E-state index contributed by atoms with van der Waals surface area (Å²) in [6.45, 7) is 6.02. The molecule has 45 heavy (non-hydrogen) atoms. The average molecular weight is 696 g/mol. The molecule has 12 heteroatoms. The summed E-state index contributed by atoms with van der Waals surface area (Å²) >= 11 is 9.75. The molecule has 2 heterocycles. The molecule has 2 atom stereocenters. The SMILES string of the molecule is CC(C)(C)Oc1cc(C(=O)CC(=O)O)ccc1C1=NC(c2ccc(Br)cc2)C(c2ccc(Cl)cc2)N1C(=O)N1CCNC(=O)C1. The summed E-state index contributed by atoms with van der Waals surface area (Å²) in [5.41, 5.74) is 1.48. The van der Waals surface area contributed by atoms with Crippen molar-refractivity contribution in [3.8, 4) is 5.75 Å². The van der Waals surface area contributed by atoms with Gasteiger partial charge in [0.25, 0.3) is 0 Å². The highest BCUT2D eigenvalue weighted by Gasteiger charge is 2.45. The van der Waals surface area contributed by atoms with Gasteiger partial charge in [-0.3, -0.25) is 24.3 Å². The van der Waals surface area contributed by atoms with Crippen LogP contribution < -0.4 is 10.1 Å². The molecule has 0 radical (unpaired) electrons. The number of Topliss-reactive ketones (excluding diaryl/α,β-unsaturated/α-hetero) is 1. The van der Waals surface area contributed by atoms with Crippen molar-refractivity contribution in [2.24, 2.45) is 4.99 Å². The van der Waals surface area contributed by atoms with Crippen LogP contribution in [0.5, 0.6) is 5.75 Å². The first kappa shape index (κ1) is 32.2. The van der Waals surface area contributed by atoms with Crippen LogP contribution in [0.4, 0.5) is 4.79 Å². The lowest BCUT2D eigenvalue weighted by Gasteiger charge is -2.36. The van der Waals surface area contributed by atoms with Crippen molar-refractivity contribution in [1.82, 2.24) is 15.1 Å². The summed E-state index contributed by atoms with van der Waals surface area (Å²) in [7, 11) is 0. The number of ketones is 1. The normalized spacial score (nSPS) is 18.3. The summed E-state index contributed by atoms with van der Waals surface area (Å²) in [5.74, 6) is -1.54. The fourth-order valence-corrected chi connectivity index (χ4v) is 5.73. The summed E-state index contributed by atoms with van der Waals surface area (Å²) in [4.78, 5) is 59.1. The minimum Gasteiger partial charge on any atom is -0.487 e. The van der Waals surface area contributed by atoms with E-state index in [4.69, 9.17) is 21.3 Å². The molecular formula is C33H32BrClN4O6. The second-order valence-corrected chi connectivity index (χ2v) is 13.1. The number of carboxylic acids is 1. The Kier molecular flexibility index (Phi) is 9.31. The third-order valence-electron chi connectivity index (χ3n) is 7.28. The molecule has 2 aliphatic rings. The standard InChI is InChI=1S/C33H32BrClN4O6/c1-33(2,3)45-26-16-21(25(40)17-28(42)43)8-13-24(26)31-37-29(19-4-9-22(34)10-5-19)30(20-6-11-23(35)12-7-20)39(31)32(44)38-15-14-36-27(41)18-38/h4-13,16,29-30H,14-15,17-18H2,1-3H3,(H,36,41)(H,42,43). The van der Waals surface area contributed by atoms with Crippen LogP contribution in [0, 0.1) is 0 Å². The number of amidine groups is 1. The molecule has 1 saturated heterocycles. The van der Waals surface area contributed by atoms with E-state index < -0.39 is 41.9 Å². The quantitative estimate of drug-likeness (QED) is 0.229. The van der Waals surface area contributed by atoms with Gasteiger partial charge < -0.3 is 20.1 Å². The molecule has 0 aliphatic carbocycles. The lowest BCUT2D eigenvalue weighted by atomic mass is 9.93. The number of carbonyl (C=O) groups excluding carboxylic acids is 3. The van der Waals surface area contributed by atoms with Gasteiger partial charge in [0.05, 0.1) is 11.6 Å². The molecule has 2 N–H and O–H groups in total. The van der Waals surface area contributed by atoms with Gasteiger partial charge in [-0.15, -0.1) is 0 Å². The zero-order valence-electron chi connectivity index (χ0n) is 24.9. The zero-order valence-corrected chi connectivity index (χ0v) is 27.3. The molecule has 3 amide bonds. The Morgan fingerprint density at radius 3 is 2.33 bits per heavy atom. The minimum absolute atomic E-state index is 0.118. The number of halogens is 2. The van der Waals surface area contributed by atoms with E-state index in [1.54, 1.807) is 23.1 Å². The molecule has 234 valence electrons. The molecule has 5 rings (SSSR count). The summed E-state index contributed by atoms with van der Waals surface area (Å²) in [6, 6.07) is 17.9. The van der Waals surface area contributed by atoms with Gasteiger partial charge in [0, 0.05) is 28.1 Å². The Hall–Kier alpha value is -4.22. The number of nitrogens with one attached hydrogen (secondary N) is 1. The van der Waals surface area contributed by atoms with Crippen molar-refractivity contribution in [3.05, 3.63) is 98.5 Å². The number of piperazine rings is 1. The van der Waals surface area contributed by atoms with E-state index in [0.717, 1.165) is 15.6 Å². The highest BCUT2D eigenvalue weighted by atomic mass is 79.9. The van der Waals surface area contributed by atoms with Crippen molar-refractivity contribution in [3.63, 3.8) is 0 Å². The van der Waals surface area contributed by atoms with E-state index >= 15 is 0 Å². The molecule has 0 aromatic heterocycles. The number of urea groups is 1. The predicted octanol–water partition coefficient (Wildman–Crippen LogP) is 6.03. The van der Waals surface area contributed by atoms with Crippen LogP contribution >= 0.6 is 27.5 Å². The van der Waals surface area contributed by atoms with E-state index in [1.807, 2.05) is 57.2 Å². The smallest absolute Gasteiger partial charge is 0.326 e. The third kappa shape index (κ3) is 7.37. The highest BCUT2D eigenvalue weighted by Crippen LogP contribution is 2.46. The second-order valence-electron chi connectivity index (χ2n) is 11.8. The van der Waals surface area contributed by atoms with Gasteiger partial charge in [-0.05, 0) is 68.3 Å². The van der Waals surface area contributed by atoms with Crippen molar-refractivity contribution in [2.45, 2.75) is 44.9 Å². The largest absolute Gasteiger partial charge is 0.487 e. The Labute approximate surface area is 274 Å². The Balaban J connectivity index is 1.72. The van der Waals surface area contributed by atoms with Crippen molar-refractivity contribution in [1.29, 1.82) is 0 Å². The monoisotopic (exact) mass is 694 g/mol. The number of hydrogen-bond donors (Lipinski definition) is 2. The van der Waals surface area contributed by atoms with Crippen LogP contribution in [0.25, 0.3) is 0 Å². The molecule has 0 spiro atoms. The molecule has 3 aromatic rings. The first-order chi connectivity index (χ1) is 21.3. The molecule has 1 fully saturated rings. The molecular weight excluding hydrogens is 664 g/mol. The number of carboxylic acid groups (broad SMARTS) is 1. The summed E-state index contributed by atoms with van der Waals surface area (Å²) in [6.07, 6.45) is -0.679.